The van der Waals surface area contributed by atoms with Crippen molar-refractivity contribution in [3.8, 4) is 23.3 Å². The van der Waals surface area contributed by atoms with Crippen LogP contribution in [-0.2, 0) is 11.3 Å². The second-order valence-electron chi connectivity index (χ2n) is 6.91. The highest BCUT2D eigenvalue weighted by Gasteiger charge is 2.17. The minimum Gasteiger partial charge on any atom is -0.494 e. The molecule has 7 heteroatoms. The fraction of sp³-hybridized carbons (Fsp3) is 0.304. The number of benzene rings is 2. The average Bonchev–Trinajstić information content (AvgIpc) is 3.20. The predicted molar refractivity (Wildman–Crippen MR) is 112 cm³/mol. The summed E-state index contributed by atoms with van der Waals surface area (Å²) in [5.41, 5.74) is 2.88. The molecule has 156 valence electrons. The second kappa shape index (κ2) is 9.70. The van der Waals surface area contributed by atoms with Crippen LogP contribution in [-0.4, -0.2) is 19.3 Å². The third-order valence-corrected chi connectivity index (χ3v) is 4.63. The molecule has 30 heavy (non-hydrogen) atoms. The maximum Gasteiger partial charge on any atom is 0.263 e. The Labute approximate surface area is 176 Å². The Hall–Kier alpha value is -3.66. The number of hydrogen-bond acceptors (Lipinski definition) is 6. The number of nitrogens with zero attached hydrogens (tertiary/aromatic N) is 1. The molecule has 1 amide bonds. The molecule has 0 saturated carbocycles. The Morgan fingerprint density at radius 1 is 1.27 bits per heavy atom. The first-order valence-electron chi connectivity index (χ1n) is 9.78. The highest BCUT2D eigenvalue weighted by molar-refractivity contribution is 5.97. The summed E-state index contributed by atoms with van der Waals surface area (Å²) >= 11 is 0. The summed E-state index contributed by atoms with van der Waals surface area (Å²) in [5.74, 6) is 1.67. The first-order valence-corrected chi connectivity index (χ1v) is 9.78. The fourth-order valence-electron chi connectivity index (χ4n) is 3.12. The zero-order chi connectivity index (χ0) is 21.5. The van der Waals surface area contributed by atoms with Gasteiger partial charge in [-0.05, 0) is 44.5 Å². The van der Waals surface area contributed by atoms with Crippen LogP contribution < -0.4 is 24.8 Å². The molecule has 3 rings (SSSR count). The molecule has 0 bridgehead atoms. The van der Waals surface area contributed by atoms with E-state index in [4.69, 9.17) is 14.2 Å². The Balaban J connectivity index is 1.63. The topological polar surface area (TPSA) is 92.6 Å². The van der Waals surface area contributed by atoms with Crippen molar-refractivity contribution in [2.75, 3.05) is 13.4 Å². The minimum absolute atomic E-state index is 0.00629. The minimum atomic E-state index is -0.452. The summed E-state index contributed by atoms with van der Waals surface area (Å²) in [6.07, 6.45) is 1.42. The van der Waals surface area contributed by atoms with Crippen LogP contribution >= 0.6 is 0 Å². The Morgan fingerprint density at radius 3 is 2.83 bits per heavy atom. The third kappa shape index (κ3) is 5.03. The van der Waals surface area contributed by atoms with Crippen molar-refractivity contribution in [1.82, 2.24) is 10.6 Å². The van der Waals surface area contributed by atoms with Gasteiger partial charge in [-0.2, -0.15) is 5.26 Å². The summed E-state index contributed by atoms with van der Waals surface area (Å²) in [6.45, 7) is 6.95. The van der Waals surface area contributed by atoms with E-state index in [9.17, 15) is 10.1 Å². The van der Waals surface area contributed by atoms with Gasteiger partial charge in [0.05, 0.1) is 12.6 Å². The molecule has 0 fully saturated rings. The smallest absolute Gasteiger partial charge is 0.263 e. The summed E-state index contributed by atoms with van der Waals surface area (Å²) in [4.78, 5) is 12.6. The van der Waals surface area contributed by atoms with E-state index in [1.165, 1.54) is 6.20 Å². The van der Waals surface area contributed by atoms with Gasteiger partial charge in [0.2, 0.25) is 6.79 Å². The van der Waals surface area contributed by atoms with Crippen molar-refractivity contribution in [2.45, 2.75) is 33.4 Å². The fourth-order valence-corrected chi connectivity index (χ4v) is 3.12. The van der Waals surface area contributed by atoms with Gasteiger partial charge in [0.25, 0.3) is 5.91 Å². The van der Waals surface area contributed by atoms with Crippen LogP contribution in [0.5, 0.6) is 17.2 Å². The van der Waals surface area contributed by atoms with Crippen LogP contribution in [0.15, 0.2) is 48.2 Å². The molecule has 1 atom stereocenters. The number of fused-ring (bicyclic) bond motifs is 1. The second-order valence-corrected chi connectivity index (χ2v) is 6.91. The van der Waals surface area contributed by atoms with Gasteiger partial charge in [0.1, 0.15) is 17.4 Å². The van der Waals surface area contributed by atoms with Crippen molar-refractivity contribution < 1.29 is 19.0 Å². The molecule has 0 radical (unpaired) electrons. The Kier molecular flexibility index (Phi) is 6.81. The average molecular weight is 407 g/mol. The van der Waals surface area contributed by atoms with E-state index in [0.29, 0.717) is 24.7 Å². The highest BCUT2D eigenvalue weighted by Crippen LogP contribution is 2.32. The van der Waals surface area contributed by atoms with Crippen molar-refractivity contribution in [3.63, 3.8) is 0 Å². The first-order chi connectivity index (χ1) is 14.5. The van der Waals surface area contributed by atoms with E-state index in [1.54, 1.807) is 0 Å². The SMILES string of the molecule is CCOc1ccc(C)cc1C(C)NC(=O)/C(C#N)=C\NCc1ccc2c(c1)OCO2. The van der Waals surface area contributed by atoms with E-state index in [1.807, 2.05) is 63.2 Å². The molecule has 1 aliphatic rings. The van der Waals surface area contributed by atoms with Crippen LogP contribution in [0.4, 0.5) is 0 Å². The quantitative estimate of drug-likeness (QED) is 0.514. The van der Waals surface area contributed by atoms with Gasteiger partial charge in [0, 0.05) is 18.3 Å². The maximum atomic E-state index is 12.6. The third-order valence-electron chi connectivity index (χ3n) is 4.63. The summed E-state index contributed by atoms with van der Waals surface area (Å²) in [7, 11) is 0. The number of hydrogen-bond donors (Lipinski definition) is 2. The lowest BCUT2D eigenvalue weighted by atomic mass is 10.0. The van der Waals surface area contributed by atoms with Crippen molar-refractivity contribution in [1.29, 1.82) is 5.26 Å². The molecule has 2 aromatic carbocycles. The predicted octanol–water partition coefficient (Wildman–Crippen LogP) is 3.50. The lowest BCUT2D eigenvalue weighted by Gasteiger charge is -2.18. The van der Waals surface area contributed by atoms with Gasteiger partial charge in [-0.25, -0.2) is 0 Å². The Bertz CT molecular complexity index is 994. The van der Waals surface area contributed by atoms with Gasteiger partial charge in [-0.3, -0.25) is 4.79 Å². The van der Waals surface area contributed by atoms with Crippen LogP contribution in [0.3, 0.4) is 0 Å². The molecule has 0 aliphatic carbocycles. The molecule has 7 nitrogen and oxygen atoms in total. The largest absolute Gasteiger partial charge is 0.494 e. The monoisotopic (exact) mass is 407 g/mol. The molecule has 2 aromatic rings. The standard InChI is InChI=1S/C23H25N3O4/c1-4-28-20-7-5-15(2)9-19(20)16(3)26-23(27)18(11-24)13-25-12-17-6-8-21-22(10-17)30-14-29-21/h5-10,13,16,25H,4,12,14H2,1-3H3,(H,26,27)/b18-13-. The van der Waals surface area contributed by atoms with Crippen LogP contribution in [0.1, 0.15) is 36.6 Å². The molecule has 2 N–H and O–H groups in total. The van der Waals surface area contributed by atoms with Gasteiger partial charge in [-0.15, -0.1) is 0 Å². The summed E-state index contributed by atoms with van der Waals surface area (Å²) in [5, 5.41) is 15.3. The van der Waals surface area contributed by atoms with E-state index in [-0.39, 0.29) is 18.4 Å². The number of aryl methyl sites for hydroxylation is 1. The molecule has 1 heterocycles. The van der Waals surface area contributed by atoms with Crippen molar-refractivity contribution in [2.24, 2.45) is 0 Å². The zero-order valence-corrected chi connectivity index (χ0v) is 17.3. The molecule has 0 aromatic heterocycles. The van der Waals surface area contributed by atoms with Crippen LogP contribution in [0.25, 0.3) is 0 Å². The zero-order valence-electron chi connectivity index (χ0n) is 17.3. The maximum absolute atomic E-state index is 12.6. The Morgan fingerprint density at radius 2 is 2.07 bits per heavy atom. The number of ether oxygens (including phenoxy) is 3. The molecule has 0 spiro atoms. The van der Waals surface area contributed by atoms with Gasteiger partial charge < -0.3 is 24.8 Å². The number of carbonyl (C=O) groups is 1. The van der Waals surface area contributed by atoms with Gasteiger partial charge in [0.15, 0.2) is 11.5 Å². The molecule has 1 aliphatic heterocycles. The highest BCUT2D eigenvalue weighted by atomic mass is 16.7. The van der Waals surface area contributed by atoms with Gasteiger partial charge >= 0.3 is 0 Å². The molecular weight excluding hydrogens is 382 g/mol. The lowest BCUT2D eigenvalue weighted by Crippen LogP contribution is -2.29. The van der Waals surface area contributed by atoms with E-state index in [2.05, 4.69) is 10.6 Å². The van der Waals surface area contributed by atoms with Gasteiger partial charge in [-0.1, -0.05) is 23.8 Å². The van der Waals surface area contributed by atoms with E-state index < -0.39 is 5.91 Å². The molecular formula is C23H25N3O4. The normalized spacial score (nSPS) is 13.3. The summed E-state index contributed by atoms with van der Waals surface area (Å²) in [6, 6.07) is 13.1. The molecule has 1 unspecified atom stereocenters. The number of nitriles is 1. The molecule has 0 saturated heterocycles. The first kappa shape index (κ1) is 21.1. The van der Waals surface area contributed by atoms with Crippen molar-refractivity contribution in [3.05, 3.63) is 64.9 Å². The van der Waals surface area contributed by atoms with E-state index >= 15 is 0 Å². The van der Waals surface area contributed by atoms with Crippen molar-refractivity contribution >= 4 is 5.91 Å². The number of carbonyl (C=O) groups excluding carboxylic acids is 1. The van der Waals surface area contributed by atoms with E-state index in [0.717, 1.165) is 22.4 Å². The number of rotatable bonds is 8. The lowest BCUT2D eigenvalue weighted by molar-refractivity contribution is -0.117. The number of nitrogens with one attached hydrogen (secondary N) is 2. The summed E-state index contributed by atoms with van der Waals surface area (Å²) < 4.78 is 16.3. The number of amides is 1. The van der Waals surface area contributed by atoms with Crippen LogP contribution in [0, 0.1) is 18.3 Å². The van der Waals surface area contributed by atoms with Crippen LogP contribution in [0.2, 0.25) is 0 Å².